The fraction of sp³-hybridized carbons (Fsp3) is 0.333. The van der Waals surface area contributed by atoms with Gasteiger partial charge < -0.3 is 15.5 Å². The number of aliphatic hydroxyl groups is 2. The van der Waals surface area contributed by atoms with Crippen molar-refractivity contribution in [3.8, 4) is 5.82 Å². The number of allylic oxidation sites excluding steroid dienone is 1. The predicted octanol–water partition coefficient (Wildman–Crippen LogP) is 2.46. The Balaban J connectivity index is 1.50. The number of aryl methyl sites for hydroxylation is 1. The summed E-state index contributed by atoms with van der Waals surface area (Å²) < 4.78 is 30.1. The maximum Gasteiger partial charge on any atom is 0.278 e. The van der Waals surface area contributed by atoms with E-state index in [4.69, 9.17) is 4.98 Å². The fourth-order valence-corrected chi connectivity index (χ4v) is 5.19. The zero-order valence-corrected chi connectivity index (χ0v) is 22.9. The lowest BCUT2D eigenvalue weighted by molar-refractivity contribution is 0.0306. The maximum absolute atomic E-state index is 13.3. The van der Waals surface area contributed by atoms with Gasteiger partial charge in [-0.1, -0.05) is 31.2 Å². The summed E-state index contributed by atoms with van der Waals surface area (Å²) in [6.07, 6.45) is 4.70. The van der Waals surface area contributed by atoms with E-state index >= 15 is 0 Å². The van der Waals surface area contributed by atoms with Gasteiger partial charge in [-0.05, 0) is 48.6 Å². The fourth-order valence-electron chi connectivity index (χ4n) is 4.81. The number of hydrogen-bond donors (Lipinski definition) is 3. The van der Waals surface area contributed by atoms with Crippen molar-refractivity contribution in [2.45, 2.75) is 44.4 Å². The second-order valence-electron chi connectivity index (χ2n) is 9.73. The second kappa shape index (κ2) is 10.6. The van der Waals surface area contributed by atoms with Crippen LogP contribution in [0.25, 0.3) is 16.9 Å². The van der Waals surface area contributed by atoms with Crippen LogP contribution in [0.3, 0.4) is 0 Å². The molecule has 0 saturated heterocycles. The normalized spacial score (nSPS) is 17.6. The van der Waals surface area contributed by atoms with Gasteiger partial charge in [0, 0.05) is 11.9 Å². The summed E-state index contributed by atoms with van der Waals surface area (Å²) >= 11 is 0. The molecular weight excluding hydrogens is 536 g/mol. The third-order valence-electron chi connectivity index (χ3n) is 6.98. The molecule has 4 aromatic rings. The molecule has 2 atom stereocenters. The molecule has 3 N–H and O–H groups in total. The average molecular weight is 567 g/mol. The highest BCUT2D eigenvalue weighted by Gasteiger charge is 2.37. The first-order chi connectivity index (χ1) is 19.0. The van der Waals surface area contributed by atoms with Gasteiger partial charge in [-0.25, -0.2) is 19.3 Å². The van der Waals surface area contributed by atoms with Crippen molar-refractivity contribution in [1.82, 2.24) is 24.3 Å². The van der Waals surface area contributed by atoms with Gasteiger partial charge >= 0.3 is 0 Å². The first kappa shape index (κ1) is 27.6. The molecule has 0 radical (unpaired) electrons. The number of rotatable bonds is 10. The van der Waals surface area contributed by atoms with Gasteiger partial charge in [0.2, 0.25) is 5.95 Å². The van der Waals surface area contributed by atoms with E-state index < -0.39 is 28.4 Å². The molecule has 5 rings (SSSR count). The molecule has 0 amide bonds. The number of nitrogens with zero attached hydrogens (tertiary/aromatic N) is 5. The monoisotopic (exact) mass is 566 g/mol. The molecule has 210 valence electrons. The molecular formula is C27H30N6O6S. The molecule has 0 spiro atoms. The van der Waals surface area contributed by atoms with E-state index in [-0.39, 0.29) is 18.1 Å². The number of fused-ring (bicyclic) bond motifs is 2. The van der Waals surface area contributed by atoms with Crippen LogP contribution in [0.5, 0.6) is 0 Å². The van der Waals surface area contributed by atoms with Gasteiger partial charge in [-0.15, -0.1) is 6.58 Å². The number of aliphatic hydroxyl groups excluding tert-OH is 1. The van der Waals surface area contributed by atoms with Gasteiger partial charge in [0.1, 0.15) is 17.1 Å². The number of hydrogen-bond acceptors (Lipinski definition) is 10. The van der Waals surface area contributed by atoms with Crippen LogP contribution in [0.1, 0.15) is 42.7 Å². The molecule has 1 aliphatic carbocycles. The van der Waals surface area contributed by atoms with Crippen LogP contribution >= 0.6 is 0 Å². The molecule has 0 aliphatic heterocycles. The minimum atomic E-state index is -3.67. The molecule has 0 bridgehead atoms. The number of aromatic nitrogens is 5. The third kappa shape index (κ3) is 5.28. The molecule has 1 unspecified atom stereocenters. The lowest BCUT2D eigenvalue weighted by atomic mass is 9.98. The van der Waals surface area contributed by atoms with Crippen molar-refractivity contribution in [3.05, 3.63) is 82.4 Å². The average Bonchev–Trinajstić information content (AvgIpc) is 3.41. The Kier molecular flexibility index (Phi) is 7.31. The van der Waals surface area contributed by atoms with E-state index in [0.717, 1.165) is 18.2 Å². The summed E-state index contributed by atoms with van der Waals surface area (Å²) in [6.45, 7) is 5.51. The highest BCUT2D eigenvalue weighted by Crippen LogP contribution is 2.38. The van der Waals surface area contributed by atoms with Crippen LogP contribution in [0.4, 0.5) is 11.6 Å². The van der Waals surface area contributed by atoms with Crippen LogP contribution < -0.4 is 10.9 Å². The Hall–Kier alpha value is -3.91. The van der Waals surface area contributed by atoms with Crippen LogP contribution in [0, 0.1) is 0 Å². The van der Waals surface area contributed by atoms with Crippen molar-refractivity contribution in [3.63, 3.8) is 0 Å². The van der Waals surface area contributed by atoms with Crippen molar-refractivity contribution in [1.29, 1.82) is 0 Å². The van der Waals surface area contributed by atoms with E-state index in [9.17, 15) is 23.4 Å². The number of benzene rings is 1. The molecule has 1 aromatic carbocycles. The van der Waals surface area contributed by atoms with Crippen LogP contribution in [0.15, 0.2) is 60.0 Å². The van der Waals surface area contributed by atoms with Crippen molar-refractivity contribution in [2.75, 3.05) is 18.2 Å². The molecule has 3 aromatic heterocycles. The molecule has 0 fully saturated rings. The molecule has 13 heteroatoms. The van der Waals surface area contributed by atoms with Crippen LogP contribution in [-0.4, -0.2) is 55.8 Å². The van der Waals surface area contributed by atoms with E-state index in [2.05, 4.69) is 26.0 Å². The summed E-state index contributed by atoms with van der Waals surface area (Å²) in [4.78, 5) is 27.0. The summed E-state index contributed by atoms with van der Waals surface area (Å²) in [6, 6.07) is 10.3. The van der Waals surface area contributed by atoms with Crippen molar-refractivity contribution < 1.29 is 22.8 Å². The SMILES string of the molecule is C=CCn1c(=O)c2cnc(Nc3ccc(C(O)COS(C)(=O)=O)cc3)nc2n1-c1ccc2c(n1)[C@@](O)(CC)CC2. The molecule has 3 heterocycles. The summed E-state index contributed by atoms with van der Waals surface area (Å²) in [5.74, 6) is 0.665. The van der Waals surface area contributed by atoms with Crippen LogP contribution in [-0.2, 0) is 32.9 Å². The Morgan fingerprint density at radius 1 is 1.23 bits per heavy atom. The summed E-state index contributed by atoms with van der Waals surface area (Å²) in [5, 5.41) is 24.7. The Bertz CT molecular complexity index is 1750. The smallest absolute Gasteiger partial charge is 0.278 e. The van der Waals surface area contributed by atoms with E-state index in [1.807, 2.05) is 19.1 Å². The van der Waals surface area contributed by atoms with E-state index in [0.29, 0.717) is 46.6 Å². The minimum absolute atomic E-state index is 0.210. The largest absolute Gasteiger partial charge is 0.386 e. The van der Waals surface area contributed by atoms with Crippen molar-refractivity contribution >= 4 is 32.8 Å². The van der Waals surface area contributed by atoms with Gasteiger partial charge in [-0.2, -0.15) is 13.4 Å². The predicted molar refractivity (Wildman–Crippen MR) is 149 cm³/mol. The lowest BCUT2D eigenvalue weighted by Crippen LogP contribution is -2.25. The van der Waals surface area contributed by atoms with E-state index in [1.54, 1.807) is 35.0 Å². The summed E-state index contributed by atoms with van der Waals surface area (Å²) in [5.41, 5.74) is 1.68. The standard InChI is InChI=1S/C27H30N6O6S/c1-4-14-32-25(35)20-15-28-26(29-19-9-6-17(7-10-19)21(34)16-39-40(3,37)38)31-24(20)33(32)22-11-8-18-12-13-27(36,5-2)23(18)30-22/h4,6-11,15,21,34,36H,1,5,12-14,16H2,2-3H3,(H,28,29,31)/t21?,27-/m1/s1. The van der Waals surface area contributed by atoms with Gasteiger partial charge in [0.15, 0.2) is 11.5 Å². The quantitative estimate of drug-likeness (QED) is 0.192. The number of anilines is 2. The highest BCUT2D eigenvalue weighted by atomic mass is 32.2. The summed E-state index contributed by atoms with van der Waals surface area (Å²) in [7, 11) is -3.67. The van der Waals surface area contributed by atoms with Crippen molar-refractivity contribution in [2.24, 2.45) is 0 Å². The Labute approximate surface area is 230 Å². The number of pyridine rings is 1. The maximum atomic E-state index is 13.3. The second-order valence-corrected chi connectivity index (χ2v) is 11.4. The zero-order chi connectivity index (χ0) is 28.7. The minimum Gasteiger partial charge on any atom is -0.386 e. The lowest BCUT2D eigenvalue weighted by Gasteiger charge is -2.21. The topological polar surface area (TPSA) is 161 Å². The molecule has 0 saturated carbocycles. The first-order valence-electron chi connectivity index (χ1n) is 12.7. The van der Waals surface area contributed by atoms with E-state index in [1.165, 1.54) is 10.9 Å². The first-order valence-corrected chi connectivity index (χ1v) is 14.6. The Morgan fingerprint density at radius 2 is 1.98 bits per heavy atom. The van der Waals surface area contributed by atoms with Crippen LogP contribution in [0.2, 0.25) is 0 Å². The third-order valence-corrected chi connectivity index (χ3v) is 7.55. The molecule has 1 aliphatic rings. The Morgan fingerprint density at radius 3 is 2.65 bits per heavy atom. The molecule has 40 heavy (non-hydrogen) atoms. The molecule has 12 nitrogen and oxygen atoms in total. The zero-order valence-electron chi connectivity index (χ0n) is 22.1. The number of nitrogens with one attached hydrogen (secondary N) is 1. The van der Waals surface area contributed by atoms with Gasteiger partial charge in [-0.3, -0.25) is 8.98 Å². The highest BCUT2D eigenvalue weighted by molar-refractivity contribution is 7.85. The van der Waals surface area contributed by atoms with Gasteiger partial charge in [0.25, 0.3) is 15.7 Å². The van der Waals surface area contributed by atoms with Gasteiger partial charge in [0.05, 0.1) is 25.1 Å².